The summed E-state index contributed by atoms with van der Waals surface area (Å²) in [6.07, 6.45) is 9.08. The number of rotatable bonds is 17. The molecule has 3 aromatic carbocycles. The summed E-state index contributed by atoms with van der Waals surface area (Å²) < 4.78 is 39.0. The normalized spacial score (nSPS) is 20.1. The van der Waals surface area contributed by atoms with Crippen LogP contribution in [0.1, 0.15) is 131 Å². The third-order valence-electron chi connectivity index (χ3n) is 17.6. The lowest BCUT2D eigenvalue weighted by Gasteiger charge is -2.25. The van der Waals surface area contributed by atoms with Crippen molar-refractivity contribution in [2.45, 2.75) is 175 Å². The van der Waals surface area contributed by atoms with Crippen molar-refractivity contribution >= 4 is 84.7 Å². The minimum atomic E-state index is -3.06. The molecule has 5 aromatic rings. The molecule has 5 aliphatic heterocycles. The molecule has 23 nitrogen and oxygen atoms in total. The summed E-state index contributed by atoms with van der Waals surface area (Å²) in [4.78, 5) is 79.5. The Kier molecular flexibility index (Phi) is 30.0. The van der Waals surface area contributed by atoms with Crippen molar-refractivity contribution in [3.8, 4) is 11.4 Å². The van der Waals surface area contributed by atoms with E-state index in [1.54, 1.807) is 55.8 Å². The first-order valence-corrected chi connectivity index (χ1v) is 36.2. The number of likely N-dealkylation sites (tertiary alicyclic amines) is 1. The second-order valence-corrected chi connectivity index (χ2v) is 29.5. The van der Waals surface area contributed by atoms with Crippen LogP contribution in [0.2, 0.25) is 0 Å². The van der Waals surface area contributed by atoms with Crippen molar-refractivity contribution in [2.75, 3.05) is 70.6 Å². The number of carbonyl (C=O) groups is 5. The van der Waals surface area contributed by atoms with Gasteiger partial charge in [-0.15, -0.1) is 0 Å². The number of aryl methyl sites for hydroxylation is 2. The molecule has 2 aromatic heterocycles. The van der Waals surface area contributed by atoms with Crippen molar-refractivity contribution in [3.63, 3.8) is 0 Å². The Morgan fingerprint density at radius 2 is 1.42 bits per heavy atom. The third kappa shape index (κ3) is 20.8. The summed E-state index contributed by atoms with van der Waals surface area (Å²) >= 11 is 1.60. The maximum Gasteiger partial charge on any atom is 0.277 e. The van der Waals surface area contributed by atoms with Gasteiger partial charge in [-0.2, -0.15) is 10.2 Å². The number of para-hydroxylation sites is 2. The van der Waals surface area contributed by atoms with E-state index < -0.39 is 27.8 Å². The van der Waals surface area contributed by atoms with Crippen molar-refractivity contribution < 1.29 is 36.8 Å². The maximum absolute atomic E-state index is 12.9. The number of nitrogens with two attached hydrogens (primary N) is 1. The lowest BCUT2D eigenvalue weighted by molar-refractivity contribution is -0.135. The molecule has 5 amide bonds. The minimum absolute atomic E-state index is 0.00820. The highest BCUT2D eigenvalue weighted by Crippen LogP contribution is 2.39. The monoisotopic (exact) mass is 1370 g/mol. The van der Waals surface area contributed by atoms with Crippen molar-refractivity contribution in [2.24, 2.45) is 34.3 Å². The molecule has 0 saturated carbocycles. The number of likely N-dealkylation sites (N-methyl/N-ethyl adjacent to an activating group) is 5. The molecule has 7 N–H and O–H groups in total. The van der Waals surface area contributed by atoms with Gasteiger partial charge in [0.2, 0.25) is 17.7 Å². The highest BCUT2D eigenvalue weighted by molar-refractivity contribution is 8.14. The fraction of sp³-hybridized carbons (Fsp3) is 0.557. The zero-order valence-electron chi connectivity index (χ0n) is 59.6. The number of hydrazone groups is 2. The Hall–Kier alpha value is -7.36. The van der Waals surface area contributed by atoms with E-state index in [4.69, 9.17) is 5.73 Å². The Bertz CT molecular complexity index is 3670. The number of sulfone groups is 1. The van der Waals surface area contributed by atoms with E-state index in [2.05, 4.69) is 143 Å². The van der Waals surface area contributed by atoms with E-state index in [-0.39, 0.29) is 88.4 Å². The fourth-order valence-corrected chi connectivity index (χ4v) is 13.4. The van der Waals surface area contributed by atoms with Gasteiger partial charge in [-0.25, -0.2) is 27.8 Å². The highest BCUT2D eigenvalue weighted by Gasteiger charge is 2.39. The van der Waals surface area contributed by atoms with Crippen LogP contribution in [0.25, 0.3) is 22.3 Å². The summed E-state index contributed by atoms with van der Waals surface area (Å²) in [6, 6.07) is 22.6. The highest BCUT2D eigenvalue weighted by atomic mass is 32.2. The molecule has 26 heteroatoms. The number of aromatic nitrogens is 3. The summed E-state index contributed by atoms with van der Waals surface area (Å²) in [5.74, 6) is 0.846. The average molecular weight is 1370 g/mol. The van der Waals surface area contributed by atoms with E-state index in [0.29, 0.717) is 36.4 Å². The zero-order chi connectivity index (χ0) is 71.5. The number of primary amides is 1. The average Bonchev–Trinajstić information content (AvgIpc) is 1.59. The van der Waals surface area contributed by atoms with Gasteiger partial charge in [-0.05, 0) is 160 Å². The SMILES string of the molecule is CC(C)c1cc2ccccc2n1C.CCN1CC[C@@H](NC)C1=O.CCn1c(-c2ccc(F)cc2)ncc(NC)c1=O.CNC1CCc2cccc3c2N(C1=O)[C@H](C)C3.CN[C@@H](CCC(N)=O)C(=O)N1N=C(C(C)(C)C)S[C@H]1C.CN[C@@H](CCS(C)(=O)=O)C(=O)N1N=C[C@H](C)[C@H]1C. The molecule has 528 valence electrons. The first kappa shape index (κ1) is 79.3. The predicted octanol–water partition coefficient (Wildman–Crippen LogP) is 7.72. The number of benzene rings is 3. The minimum Gasteiger partial charge on any atom is -0.382 e. The van der Waals surface area contributed by atoms with Crippen LogP contribution in [-0.2, 0) is 60.2 Å². The van der Waals surface area contributed by atoms with E-state index >= 15 is 0 Å². The standard InChI is InChI=1S/C14H18N2O.C13H14FN3O.C13H24N4O2S.C12H15N.C11H21N3O3S.C7H14N2O/c1-9-8-11-5-3-4-10-6-7-12(15-2)14(17)16(9)13(10)11;1-3-17-12(9-4-6-10(14)7-5-9)16-8-11(15-2)13(17)18;1-8-17(16-12(20-8)13(2,3)4)11(19)9(15-5)6-7-10(14)18;1-9(2)12-8-10-6-4-5-7-11(10)13(12)3;1-8-7-13-14(9(8)2)11(15)10(12-3)5-6-18(4,16)17;1-3-9-5-4-6(8-2)7(9)10/h3-5,9,12,15H,6-8H2,1-2H3;4-8,15H,3H2,1-2H3;8-9,15H,6-7H2,1-5H3,(H2,14,18);4-9H,1-3H3;7-10,12H,5-6H2,1-4H3;6,8H,3-5H2,1-2H3/t9-,12?;;8-,9-;;8-,9+,10-;6-/m1.0.01/s1. The summed E-state index contributed by atoms with van der Waals surface area (Å²) in [6.45, 7) is 24.8. The number of amides is 5. The van der Waals surface area contributed by atoms with Crippen molar-refractivity contribution in [1.29, 1.82) is 0 Å². The molecular formula is C70H106FN15O8S2. The molecule has 96 heavy (non-hydrogen) atoms. The van der Waals surface area contributed by atoms with Gasteiger partial charge in [0.05, 0.1) is 47.8 Å². The second kappa shape index (κ2) is 36.3. The molecular weight excluding hydrogens is 1260 g/mol. The molecule has 0 radical (unpaired) electrons. The van der Waals surface area contributed by atoms with Crippen LogP contribution in [0.4, 0.5) is 15.8 Å². The molecule has 0 aliphatic carbocycles. The van der Waals surface area contributed by atoms with Crippen LogP contribution in [0.3, 0.4) is 0 Å². The number of hydrogen-bond acceptors (Lipinski definition) is 17. The Balaban J connectivity index is 0.000000210. The van der Waals surface area contributed by atoms with Gasteiger partial charge in [-0.3, -0.25) is 33.3 Å². The number of fused-ring (bicyclic) bond motifs is 1. The molecule has 1 unspecified atom stereocenters. The van der Waals surface area contributed by atoms with Crippen molar-refractivity contribution in [3.05, 3.63) is 112 Å². The van der Waals surface area contributed by atoms with Crippen LogP contribution in [0.5, 0.6) is 0 Å². The number of hydrogen-bond donors (Lipinski definition) is 6. The maximum atomic E-state index is 12.9. The molecule has 10 rings (SSSR count). The van der Waals surface area contributed by atoms with E-state index in [1.807, 2.05) is 58.5 Å². The van der Waals surface area contributed by atoms with Crippen LogP contribution >= 0.6 is 11.8 Å². The largest absolute Gasteiger partial charge is 0.382 e. The number of anilines is 2. The fourth-order valence-electron chi connectivity index (χ4n) is 11.7. The van der Waals surface area contributed by atoms with Gasteiger partial charge in [-0.1, -0.05) is 89.7 Å². The van der Waals surface area contributed by atoms with Crippen LogP contribution in [0.15, 0.2) is 94.0 Å². The van der Waals surface area contributed by atoms with E-state index in [0.717, 1.165) is 49.4 Å². The first-order chi connectivity index (χ1) is 45.3. The molecule has 5 aliphatic rings. The lowest BCUT2D eigenvalue weighted by Crippen LogP contribution is -2.46. The predicted molar refractivity (Wildman–Crippen MR) is 387 cm³/mol. The lowest BCUT2D eigenvalue weighted by atomic mass is 9.99. The van der Waals surface area contributed by atoms with Gasteiger partial charge >= 0.3 is 0 Å². The quantitative estimate of drug-likeness (QED) is 0.0520. The number of halogens is 1. The molecule has 1 fully saturated rings. The Morgan fingerprint density at radius 3 is 1.93 bits per heavy atom. The first-order valence-electron chi connectivity index (χ1n) is 33.2. The van der Waals surface area contributed by atoms with Gasteiger partial charge < -0.3 is 46.7 Å². The zero-order valence-corrected chi connectivity index (χ0v) is 61.3. The van der Waals surface area contributed by atoms with Crippen LogP contribution in [-0.4, -0.2) is 180 Å². The molecule has 0 bridgehead atoms. The van der Waals surface area contributed by atoms with E-state index in [1.165, 1.54) is 68.0 Å². The molecule has 1 saturated heterocycles. The Labute approximate surface area is 572 Å². The second-order valence-electron chi connectivity index (χ2n) is 26.0. The van der Waals surface area contributed by atoms with Gasteiger partial charge in [0.25, 0.3) is 17.4 Å². The summed E-state index contributed by atoms with van der Waals surface area (Å²) in [5, 5.41) is 28.5. The van der Waals surface area contributed by atoms with Gasteiger partial charge in [0.15, 0.2) is 0 Å². The summed E-state index contributed by atoms with van der Waals surface area (Å²) in [7, 11) is 7.82. The van der Waals surface area contributed by atoms with Crippen LogP contribution in [0, 0.1) is 17.2 Å². The smallest absolute Gasteiger partial charge is 0.277 e. The van der Waals surface area contributed by atoms with Crippen LogP contribution < -0.4 is 42.8 Å². The van der Waals surface area contributed by atoms with Crippen molar-refractivity contribution in [1.82, 2.24) is 50.3 Å². The molecule has 0 spiro atoms. The summed E-state index contributed by atoms with van der Waals surface area (Å²) in [5.41, 5.74) is 12.7. The molecule has 8 atom stereocenters. The topological polar surface area (TPSA) is 283 Å². The third-order valence-corrected chi connectivity index (χ3v) is 20.0. The van der Waals surface area contributed by atoms with E-state index in [9.17, 15) is 41.6 Å². The number of nitrogens with one attached hydrogen (secondary N) is 5. The van der Waals surface area contributed by atoms with Gasteiger partial charge in [0, 0.05) is 86.8 Å². The number of carbonyl (C=O) groups excluding carboxylic acids is 5. The van der Waals surface area contributed by atoms with Gasteiger partial charge in [0.1, 0.15) is 37.6 Å². The number of nitrogens with zero attached hydrogens (tertiary/aromatic N) is 9. The molecule has 7 heterocycles. The number of thioether (sulfide) groups is 1. The Morgan fingerprint density at radius 1 is 0.802 bits per heavy atom.